The highest BCUT2D eigenvalue weighted by atomic mass is 35.5. The van der Waals surface area contributed by atoms with Gasteiger partial charge in [0.05, 0.1) is 11.1 Å². The van der Waals surface area contributed by atoms with Crippen LogP contribution in [-0.4, -0.2) is 29.2 Å². The fourth-order valence-corrected chi connectivity index (χ4v) is 2.43. The topological polar surface area (TPSA) is 75.6 Å². The first kappa shape index (κ1) is 12.9. The number of hydrogen-bond acceptors (Lipinski definition) is 3. The van der Waals surface area contributed by atoms with Gasteiger partial charge in [0.15, 0.2) is 0 Å². The van der Waals surface area contributed by atoms with Gasteiger partial charge in [-0.1, -0.05) is 23.8 Å². The molecule has 2 aliphatic rings. The van der Waals surface area contributed by atoms with Crippen LogP contribution in [0.25, 0.3) is 0 Å². The van der Waals surface area contributed by atoms with Gasteiger partial charge in [0, 0.05) is 10.7 Å². The van der Waals surface area contributed by atoms with Crippen molar-refractivity contribution in [1.82, 2.24) is 0 Å². The molecule has 6 heteroatoms. The lowest BCUT2D eigenvalue weighted by Crippen LogP contribution is -2.24. The van der Waals surface area contributed by atoms with Gasteiger partial charge < -0.3 is 15.2 Å². The van der Waals surface area contributed by atoms with E-state index in [-0.39, 0.29) is 11.1 Å². The number of aliphatic carboxylic acids is 1. The lowest BCUT2D eigenvalue weighted by atomic mass is 9.96. The minimum absolute atomic E-state index is 0.00367. The van der Waals surface area contributed by atoms with Crippen LogP contribution in [0.1, 0.15) is 0 Å². The van der Waals surface area contributed by atoms with E-state index in [1.54, 1.807) is 36.4 Å². The molecule has 1 amide bonds. The Labute approximate surface area is 119 Å². The highest BCUT2D eigenvalue weighted by Gasteiger charge is 2.42. The first-order valence-electron chi connectivity index (χ1n) is 5.94. The molecule has 0 saturated carbocycles. The Morgan fingerprint density at radius 2 is 1.70 bits per heavy atom. The van der Waals surface area contributed by atoms with Gasteiger partial charge in [0.25, 0.3) is 5.91 Å². The number of benzene rings is 1. The third-order valence-electron chi connectivity index (χ3n) is 3.19. The Kier molecular flexibility index (Phi) is 3.08. The SMILES string of the molecule is O=C(O)C1=C(C(=O)Nc2ccc(Cl)cc2)[C@H]2C=C[C@H]1O2. The van der Waals surface area contributed by atoms with Crippen molar-refractivity contribution in [2.45, 2.75) is 12.2 Å². The maximum atomic E-state index is 12.2. The number of carboxylic acid groups (broad SMARTS) is 1. The van der Waals surface area contributed by atoms with Crippen LogP contribution in [-0.2, 0) is 14.3 Å². The summed E-state index contributed by atoms with van der Waals surface area (Å²) < 4.78 is 5.39. The number of carbonyl (C=O) groups excluding carboxylic acids is 1. The normalized spacial score (nSPS) is 23.2. The molecule has 1 aromatic carbocycles. The molecule has 3 rings (SSSR count). The van der Waals surface area contributed by atoms with Gasteiger partial charge in [0.1, 0.15) is 12.2 Å². The number of nitrogens with one attached hydrogen (secondary N) is 1. The number of anilines is 1. The zero-order chi connectivity index (χ0) is 14.3. The summed E-state index contributed by atoms with van der Waals surface area (Å²) in [5.41, 5.74) is 0.701. The molecule has 0 aliphatic carbocycles. The first-order valence-corrected chi connectivity index (χ1v) is 6.32. The molecular weight excluding hydrogens is 282 g/mol. The van der Waals surface area contributed by atoms with Gasteiger partial charge in [-0.25, -0.2) is 4.79 Å². The van der Waals surface area contributed by atoms with Gasteiger partial charge in [-0.3, -0.25) is 4.79 Å². The monoisotopic (exact) mass is 291 g/mol. The number of hydrogen-bond donors (Lipinski definition) is 2. The third kappa shape index (κ3) is 2.11. The Morgan fingerprint density at radius 3 is 2.30 bits per heavy atom. The van der Waals surface area contributed by atoms with E-state index in [9.17, 15) is 14.7 Å². The molecule has 2 aliphatic heterocycles. The number of carbonyl (C=O) groups is 2. The number of rotatable bonds is 3. The van der Waals surface area contributed by atoms with E-state index in [0.717, 1.165) is 0 Å². The van der Waals surface area contributed by atoms with Crippen LogP contribution in [0.2, 0.25) is 5.02 Å². The van der Waals surface area contributed by atoms with Crippen molar-refractivity contribution in [3.8, 4) is 0 Å². The van der Waals surface area contributed by atoms with Crippen molar-refractivity contribution in [1.29, 1.82) is 0 Å². The van der Waals surface area contributed by atoms with Crippen LogP contribution in [0, 0.1) is 0 Å². The van der Waals surface area contributed by atoms with Crippen molar-refractivity contribution in [3.63, 3.8) is 0 Å². The number of fused-ring (bicyclic) bond motifs is 2. The van der Waals surface area contributed by atoms with Crippen LogP contribution >= 0.6 is 11.6 Å². The van der Waals surface area contributed by atoms with Gasteiger partial charge in [0.2, 0.25) is 0 Å². The second-order valence-corrected chi connectivity index (χ2v) is 4.89. The largest absolute Gasteiger partial charge is 0.478 e. The van der Waals surface area contributed by atoms with Gasteiger partial charge in [-0.15, -0.1) is 0 Å². The minimum Gasteiger partial charge on any atom is -0.478 e. The van der Waals surface area contributed by atoms with Crippen LogP contribution < -0.4 is 5.32 Å². The quantitative estimate of drug-likeness (QED) is 0.835. The smallest absolute Gasteiger partial charge is 0.335 e. The van der Waals surface area contributed by atoms with E-state index in [1.165, 1.54) is 0 Å². The molecule has 5 nitrogen and oxygen atoms in total. The van der Waals surface area contributed by atoms with Crippen molar-refractivity contribution >= 4 is 29.2 Å². The Bertz CT molecular complexity index is 648. The molecule has 0 aromatic heterocycles. The molecule has 2 atom stereocenters. The van der Waals surface area contributed by atoms with Crippen LogP contribution in [0.4, 0.5) is 5.69 Å². The highest BCUT2D eigenvalue weighted by Crippen LogP contribution is 2.35. The van der Waals surface area contributed by atoms with Crippen LogP contribution in [0.15, 0.2) is 47.6 Å². The summed E-state index contributed by atoms with van der Waals surface area (Å²) in [6, 6.07) is 6.57. The molecule has 0 radical (unpaired) electrons. The fraction of sp³-hybridized carbons (Fsp3) is 0.143. The summed E-state index contributed by atoms with van der Waals surface area (Å²) in [5, 5.41) is 12.4. The average Bonchev–Trinajstić information content (AvgIpc) is 3.01. The van der Waals surface area contributed by atoms with E-state index >= 15 is 0 Å². The third-order valence-corrected chi connectivity index (χ3v) is 3.44. The van der Waals surface area contributed by atoms with E-state index in [2.05, 4.69) is 5.32 Å². The predicted molar refractivity (Wildman–Crippen MR) is 72.5 cm³/mol. The van der Waals surface area contributed by atoms with Gasteiger partial charge >= 0.3 is 5.97 Å². The van der Waals surface area contributed by atoms with Crippen molar-refractivity contribution in [2.75, 3.05) is 5.32 Å². The molecule has 2 bridgehead atoms. The molecule has 0 spiro atoms. The van der Waals surface area contributed by atoms with Crippen molar-refractivity contribution < 1.29 is 19.4 Å². The van der Waals surface area contributed by atoms with E-state index in [4.69, 9.17) is 16.3 Å². The van der Waals surface area contributed by atoms with Crippen LogP contribution in [0.3, 0.4) is 0 Å². The lowest BCUT2D eigenvalue weighted by Gasteiger charge is -2.11. The molecule has 0 fully saturated rings. The predicted octanol–water partition coefficient (Wildman–Crippen LogP) is 2.00. The number of carboxylic acids is 1. The minimum atomic E-state index is -1.14. The number of halogens is 1. The number of ether oxygens (including phenoxy) is 1. The average molecular weight is 292 g/mol. The lowest BCUT2D eigenvalue weighted by molar-refractivity contribution is -0.133. The van der Waals surface area contributed by atoms with E-state index in [0.29, 0.717) is 10.7 Å². The summed E-state index contributed by atoms with van der Waals surface area (Å²) >= 11 is 5.76. The standard InChI is InChI=1S/C14H10ClNO4/c15-7-1-3-8(4-2-7)16-13(17)11-9-5-6-10(20-9)12(11)14(18)19/h1-6,9-10H,(H,16,17)(H,18,19)/t9-,10-/m1/s1. The highest BCUT2D eigenvalue weighted by molar-refractivity contribution is 6.30. The second-order valence-electron chi connectivity index (χ2n) is 4.46. The van der Waals surface area contributed by atoms with Crippen LogP contribution in [0.5, 0.6) is 0 Å². The number of amides is 1. The maximum Gasteiger partial charge on any atom is 0.335 e. The Hall–Kier alpha value is -2.11. The zero-order valence-corrected chi connectivity index (χ0v) is 10.9. The first-order chi connectivity index (χ1) is 9.56. The van der Waals surface area contributed by atoms with Gasteiger partial charge in [-0.05, 0) is 24.3 Å². The Morgan fingerprint density at radius 1 is 1.10 bits per heavy atom. The summed E-state index contributed by atoms with van der Waals surface area (Å²) in [4.78, 5) is 23.5. The molecular formula is C14H10ClNO4. The maximum absolute atomic E-state index is 12.2. The fourth-order valence-electron chi connectivity index (χ4n) is 2.31. The molecule has 20 heavy (non-hydrogen) atoms. The summed E-state index contributed by atoms with van der Waals surface area (Å²) in [6.45, 7) is 0. The van der Waals surface area contributed by atoms with Crippen molar-refractivity contribution in [2.24, 2.45) is 0 Å². The molecule has 0 saturated heterocycles. The second kappa shape index (κ2) is 4.77. The molecule has 1 aromatic rings. The summed E-state index contributed by atoms with van der Waals surface area (Å²) in [5.74, 6) is -1.61. The molecule has 2 N–H and O–H groups in total. The van der Waals surface area contributed by atoms with Crippen molar-refractivity contribution in [3.05, 3.63) is 52.6 Å². The van der Waals surface area contributed by atoms with E-state index in [1.807, 2.05) is 0 Å². The summed E-state index contributed by atoms with van der Waals surface area (Å²) in [6.07, 6.45) is 2.11. The zero-order valence-electron chi connectivity index (χ0n) is 10.2. The van der Waals surface area contributed by atoms with E-state index < -0.39 is 24.1 Å². The Balaban J connectivity index is 1.86. The summed E-state index contributed by atoms with van der Waals surface area (Å²) in [7, 11) is 0. The van der Waals surface area contributed by atoms with Gasteiger partial charge in [-0.2, -0.15) is 0 Å². The molecule has 0 unspecified atom stereocenters. The molecule has 102 valence electrons. The molecule has 2 heterocycles.